The van der Waals surface area contributed by atoms with Crippen LogP contribution in [0.1, 0.15) is 59.3 Å². The Kier molecular flexibility index (Phi) is 5.70. The van der Waals surface area contributed by atoms with Crippen LogP contribution in [-0.4, -0.2) is 37.6 Å². The minimum Gasteiger partial charge on any atom is -0.316 e. The van der Waals surface area contributed by atoms with E-state index >= 15 is 0 Å². The number of nitrogens with zero attached hydrogens (tertiary/aromatic N) is 1. The summed E-state index contributed by atoms with van der Waals surface area (Å²) in [7, 11) is 0. The molecule has 0 aromatic rings. The molecule has 2 heteroatoms. The average Bonchev–Trinajstić information content (AvgIpc) is 2.86. The van der Waals surface area contributed by atoms with Crippen LogP contribution in [0, 0.1) is 17.3 Å². The monoisotopic (exact) mass is 266 g/mol. The lowest BCUT2D eigenvalue weighted by atomic mass is 9.82. The summed E-state index contributed by atoms with van der Waals surface area (Å²) in [5.74, 6) is 1.86. The Morgan fingerprint density at radius 2 is 1.79 bits per heavy atom. The molecule has 0 aromatic carbocycles. The van der Waals surface area contributed by atoms with Gasteiger partial charge in [0.25, 0.3) is 0 Å². The van der Waals surface area contributed by atoms with Crippen molar-refractivity contribution in [1.29, 1.82) is 0 Å². The maximum Gasteiger partial charge on any atom is 0.00501 e. The third-order valence-electron chi connectivity index (χ3n) is 5.55. The van der Waals surface area contributed by atoms with Gasteiger partial charge in [-0.3, -0.25) is 0 Å². The van der Waals surface area contributed by atoms with E-state index < -0.39 is 0 Å². The molecule has 112 valence electrons. The van der Waals surface area contributed by atoms with Gasteiger partial charge in [-0.05, 0) is 62.6 Å². The predicted molar refractivity (Wildman–Crippen MR) is 83.4 cm³/mol. The quantitative estimate of drug-likeness (QED) is 0.791. The minimum atomic E-state index is 0.598. The van der Waals surface area contributed by atoms with Crippen LogP contribution >= 0.6 is 0 Å². The average molecular weight is 266 g/mol. The van der Waals surface area contributed by atoms with Crippen molar-refractivity contribution in [2.75, 3.05) is 32.7 Å². The highest BCUT2D eigenvalue weighted by Gasteiger charge is 2.36. The standard InChI is InChI=1S/C17H34N2/c1-4-18-13-17(9-5-6-10-17)14-19-11-7-16(8-12-19)15(2)3/h15-16,18H,4-14H2,1-3H3. The zero-order valence-corrected chi connectivity index (χ0v) is 13.4. The highest BCUT2D eigenvalue weighted by atomic mass is 15.1. The van der Waals surface area contributed by atoms with E-state index in [0.29, 0.717) is 5.41 Å². The predicted octanol–water partition coefficient (Wildman–Crippen LogP) is 3.52. The van der Waals surface area contributed by atoms with Crippen LogP contribution in [0.2, 0.25) is 0 Å². The first-order chi connectivity index (χ1) is 9.15. The molecule has 0 spiro atoms. The van der Waals surface area contributed by atoms with Gasteiger partial charge in [0, 0.05) is 13.1 Å². The van der Waals surface area contributed by atoms with Gasteiger partial charge in [0.2, 0.25) is 0 Å². The number of nitrogens with one attached hydrogen (secondary N) is 1. The second-order valence-electron chi connectivity index (χ2n) is 7.35. The van der Waals surface area contributed by atoms with Crippen LogP contribution in [0.25, 0.3) is 0 Å². The molecule has 2 nitrogen and oxygen atoms in total. The molecule has 2 aliphatic rings. The van der Waals surface area contributed by atoms with Gasteiger partial charge in [-0.25, -0.2) is 0 Å². The van der Waals surface area contributed by atoms with Crippen LogP contribution in [0.15, 0.2) is 0 Å². The second kappa shape index (κ2) is 7.08. The van der Waals surface area contributed by atoms with Crippen molar-refractivity contribution in [2.24, 2.45) is 17.3 Å². The first-order valence-electron chi connectivity index (χ1n) is 8.58. The molecule has 0 amide bonds. The van der Waals surface area contributed by atoms with E-state index in [2.05, 4.69) is 31.0 Å². The molecule has 0 radical (unpaired) electrons. The summed E-state index contributed by atoms with van der Waals surface area (Å²) in [5.41, 5.74) is 0.598. The summed E-state index contributed by atoms with van der Waals surface area (Å²) in [6, 6.07) is 0. The highest BCUT2D eigenvalue weighted by molar-refractivity contribution is 4.90. The Bertz CT molecular complexity index is 248. The Morgan fingerprint density at radius 1 is 1.16 bits per heavy atom. The molecule has 0 atom stereocenters. The molecule has 1 N–H and O–H groups in total. The molecule has 0 bridgehead atoms. The fourth-order valence-electron chi connectivity index (χ4n) is 4.16. The van der Waals surface area contributed by atoms with Crippen LogP contribution < -0.4 is 5.32 Å². The van der Waals surface area contributed by atoms with Gasteiger partial charge in [0.05, 0.1) is 0 Å². The van der Waals surface area contributed by atoms with Crippen LogP contribution in [0.3, 0.4) is 0 Å². The summed E-state index contributed by atoms with van der Waals surface area (Å²) in [6.45, 7) is 13.4. The minimum absolute atomic E-state index is 0.598. The summed E-state index contributed by atoms with van der Waals surface area (Å²) in [4.78, 5) is 2.77. The molecule has 1 aliphatic carbocycles. The number of hydrogen-bond acceptors (Lipinski definition) is 2. The fraction of sp³-hybridized carbons (Fsp3) is 1.00. The van der Waals surface area contributed by atoms with E-state index in [1.54, 1.807) is 0 Å². The van der Waals surface area contributed by atoms with Gasteiger partial charge >= 0.3 is 0 Å². The molecule has 1 saturated carbocycles. The van der Waals surface area contributed by atoms with Crippen molar-refractivity contribution < 1.29 is 0 Å². The van der Waals surface area contributed by atoms with Gasteiger partial charge in [0.1, 0.15) is 0 Å². The van der Waals surface area contributed by atoms with Crippen molar-refractivity contribution in [3.05, 3.63) is 0 Å². The van der Waals surface area contributed by atoms with E-state index in [9.17, 15) is 0 Å². The number of likely N-dealkylation sites (tertiary alicyclic amines) is 1. The lowest BCUT2D eigenvalue weighted by Crippen LogP contribution is -2.45. The van der Waals surface area contributed by atoms with Gasteiger partial charge in [-0.2, -0.15) is 0 Å². The first-order valence-corrected chi connectivity index (χ1v) is 8.58. The van der Waals surface area contributed by atoms with Gasteiger partial charge in [-0.15, -0.1) is 0 Å². The zero-order valence-electron chi connectivity index (χ0n) is 13.4. The van der Waals surface area contributed by atoms with Gasteiger partial charge < -0.3 is 10.2 Å². The lowest BCUT2D eigenvalue weighted by Gasteiger charge is -2.40. The highest BCUT2D eigenvalue weighted by Crippen LogP contribution is 2.39. The normalized spacial score (nSPS) is 25.3. The van der Waals surface area contributed by atoms with Crippen molar-refractivity contribution in [2.45, 2.75) is 59.3 Å². The van der Waals surface area contributed by atoms with E-state index in [1.807, 2.05) is 0 Å². The summed E-state index contributed by atoms with van der Waals surface area (Å²) in [6.07, 6.45) is 8.65. The first kappa shape index (κ1) is 15.3. The molecule has 0 aromatic heterocycles. The van der Waals surface area contributed by atoms with E-state index in [0.717, 1.165) is 18.4 Å². The molecule has 2 fully saturated rings. The second-order valence-corrected chi connectivity index (χ2v) is 7.35. The van der Waals surface area contributed by atoms with E-state index in [4.69, 9.17) is 0 Å². The van der Waals surface area contributed by atoms with Crippen molar-refractivity contribution in [3.8, 4) is 0 Å². The van der Waals surface area contributed by atoms with Crippen LogP contribution in [0.4, 0.5) is 0 Å². The molecule has 1 saturated heterocycles. The third kappa shape index (κ3) is 4.19. The number of piperidine rings is 1. The molecule has 1 aliphatic heterocycles. The molecule has 19 heavy (non-hydrogen) atoms. The van der Waals surface area contributed by atoms with Gasteiger partial charge in [-0.1, -0.05) is 33.6 Å². The Morgan fingerprint density at radius 3 is 2.32 bits per heavy atom. The summed E-state index contributed by atoms with van der Waals surface area (Å²) >= 11 is 0. The SMILES string of the molecule is CCNCC1(CN2CCC(C(C)C)CC2)CCCC1. The molecular weight excluding hydrogens is 232 g/mol. The van der Waals surface area contributed by atoms with Crippen LogP contribution in [-0.2, 0) is 0 Å². The fourth-order valence-corrected chi connectivity index (χ4v) is 4.16. The largest absolute Gasteiger partial charge is 0.316 e. The zero-order chi connectivity index (χ0) is 13.7. The summed E-state index contributed by atoms with van der Waals surface area (Å²) < 4.78 is 0. The van der Waals surface area contributed by atoms with Crippen molar-refractivity contribution in [3.63, 3.8) is 0 Å². The summed E-state index contributed by atoms with van der Waals surface area (Å²) in [5, 5.41) is 3.62. The molecule has 1 heterocycles. The molecule has 2 rings (SSSR count). The Balaban J connectivity index is 1.82. The van der Waals surface area contributed by atoms with Gasteiger partial charge in [0.15, 0.2) is 0 Å². The lowest BCUT2D eigenvalue weighted by molar-refractivity contribution is 0.0986. The van der Waals surface area contributed by atoms with Crippen LogP contribution in [0.5, 0.6) is 0 Å². The topological polar surface area (TPSA) is 15.3 Å². The van der Waals surface area contributed by atoms with Crippen molar-refractivity contribution in [1.82, 2.24) is 10.2 Å². The Hall–Kier alpha value is -0.0800. The van der Waals surface area contributed by atoms with E-state index in [-0.39, 0.29) is 0 Å². The third-order valence-corrected chi connectivity index (χ3v) is 5.55. The molecule has 0 unspecified atom stereocenters. The molecular formula is C17H34N2. The maximum atomic E-state index is 3.62. The maximum absolute atomic E-state index is 3.62. The van der Waals surface area contributed by atoms with Crippen molar-refractivity contribution >= 4 is 0 Å². The number of rotatable bonds is 6. The smallest absolute Gasteiger partial charge is 0.00501 e. The Labute approximate surface area is 120 Å². The number of hydrogen-bond donors (Lipinski definition) is 1. The van der Waals surface area contributed by atoms with E-state index in [1.165, 1.54) is 64.7 Å².